The summed E-state index contributed by atoms with van der Waals surface area (Å²) in [6.45, 7) is 2.78. The van der Waals surface area contributed by atoms with Crippen molar-refractivity contribution in [2.24, 2.45) is 11.0 Å². The number of benzene rings is 2. The predicted octanol–water partition coefficient (Wildman–Crippen LogP) is 5.61. The van der Waals surface area contributed by atoms with Gasteiger partial charge < -0.3 is 4.74 Å². The van der Waals surface area contributed by atoms with Crippen LogP contribution >= 0.6 is 11.3 Å². The van der Waals surface area contributed by atoms with E-state index in [1.165, 1.54) is 23.3 Å². The Hall–Kier alpha value is -2.92. The van der Waals surface area contributed by atoms with Crippen LogP contribution in [0.25, 0.3) is 0 Å². The molecule has 1 heterocycles. The number of carbonyl (C=O) groups is 1. The quantitative estimate of drug-likeness (QED) is 0.401. The molecule has 1 atom stereocenters. The van der Waals surface area contributed by atoms with Crippen molar-refractivity contribution in [1.82, 2.24) is 5.43 Å². The van der Waals surface area contributed by atoms with Gasteiger partial charge in [0, 0.05) is 4.88 Å². The number of carbonyl (C=O) groups excluding carboxylic acids is 1. The van der Waals surface area contributed by atoms with Gasteiger partial charge in [0.05, 0.1) is 11.1 Å². The molecule has 1 aromatic heterocycles. The molecule has 0 saturated heterocycles. The second-order valence-electron chi connectivity index (χ2n) is 7.62. The first-order chi connectivity index (χ1) is 14.7. The van der Waals surface area contributed by atoms with Crippen LogP contribution in [0.1, 0.15) is 51.0 Å². The highest BCUT2D eigenvalue weighted by atomic mass is 32.1. The molecule has 30 heavy (non-hydrogen) atoms. The number of amides is 1. The normalized spacial score (nSPS) is 15.7. The topological polar surface area (TPSA) is 50.7 Å². The lowest BCUT2D eigenvalue weighted by Crippen LogP contribution is -2.16. The maximum atomic E-state index is 12.4. The number of hydrogen-bond acceptors (Lipinski definition) is 4. The lowest BCUT2D eigenvalue weighted by Gasteiger charge is -2.19. The van der Waals surface area contributed by atoms with Gasteiger partial charge in [-0.3, -0.25) is 4.79 Å². The maximum Gasteiger partial charge on any atom is 0.281 e. The molecule has 0 spiro atoms. The number of nitrogens with one attached hydrogen (secondary N) is 1. The molecule has 1 aliphatic rings. The van der Waals surface area contributed by atoms with Gasteiger partial charge in [0.15, 0.2) is 0 Å². The summed E-state index contributed by atoms with van der Waals surface area (Å²) in [5.74, 6) is 1.41. The number of rotatable bonds is 7. The predicted molar refractivity (Wildman–Crippen MR) is 122 cm³/mol. The molecular formula is C25H26N2O2S. The monoisotopic (exact) mass is 418 g/mol. The molecule has 0 aliphatic heterocycles. The largest absolute Gasteiger partial charge is 0.489 e. The van der Waals surface area contributed by atoms with Crippen LogP contribution in [0.3, 0.4) is 0 Å². The molecule has 0 bridgehead atoms. The zero-order valence-corrected chi connectivity index (χ0v) is 18.0. The van der Waals surface area contributed by atoms with Crippen molar-refractivity contribution in [2.45, 2.75) is 39.2 Å². The Morgan fingerprint density at radius 2 is 2.00 bits per heavy atom. The Labute approximate surface area is 181 Å². The van der Waals surface area contributed by atoms with Crippen molar-refractivity contribution in [3.8, 4) is 5.75 Å². The van der Waals surface area contributed by atoms with E-state index in [4.69, 9.17) is 4.74 Å². The van der Waals surface area contributed by atoms with Crippen molar-refractivity contribution in [1.29, 1.82) is 0 Å². The average Bonchev–Trinajstić information content (AvgIpc) is 3.22. The van der Waals surface area contributed by atoms with Gasteiger partial charge in [-0.05, 0) is 72.2 Å². The second-order valence-corrected chi connectivity index (χ2v) is 8.76. The van der Waals surface area contributed by atoms with Crippen LogP contribution in [-0.4, -0.2) is 12.1 Å². The fourth-order valence-electron chi connectivity index (χ4n) is 3.67. The van der Waals surface area contributed by atoms with Crippen LogP contribution in [0.5, 0.6) is 5.75 Å². The average molecular weight is 419 g/mol. The maximum absolute atomic E-state index is 12.4. The van der Waals surface area contributed by atoms with E-state index in [2.05, 4.69) is 17.5 Å². The summed E-state index contributed by atoms with van der Waals surface area (Å²) < 4.78 is 5.79. The minimum Gasteiger partial charge on any atom is -0.489 e. The fraction of sp³-hybridized carbons (Fsp3) is 0.280. The first kappa shape index (κ1) is 20.4. The molecule has 4 nitrogen and oxygen atoms in total. The third-order valence-electron chi connectivity index (χ3n) is 5.49. The van der Waals surface area contributed by atoms with E-state index in [0.717, 1.165) is 40.5 Å². The Balaban J connectivity index is 1.29. The minimum atomic E-state index is -0.137. The lowest BCUT2D eigenvalue weighted by molar-refractivity contribution is 0.0959. The Morgan fingerprint density at radius 1 is 1.20 bits per heavy atom. The first-order valence-corrected chi connectivity index (χ1v) is 11.2. The number of fused-ring (bicyclic) bond motifs is 1. The van der Waals surface area contributed by atoms with E-state index in [9.17, 15) is 4.79 Å². The highest BCUT2D eigenvalue weighted by Gasteiger charge is 2.21. The van der Waals surface area contributed by atoms with Crippen molar-refractivity contribution >= 4 is 23.5 Å². The van der Waals surface area contributed by atoms with Crippen LogP contribution in [0.4, 0.5) is 0 Å². The van der Waals surface area contributed by atoms with E-state index in [1.54, 1.807) is 17.6 Å². The van der Waals surface area contributed by atoms with Gasteiger partial charge in [-0.15, -0.1) is 11.3 Å². The zero-order valence-electron chi connectivity index (χ0n) is 17.1. The molecule has 5 heteroatoms. The molecule has 154 valence electrons. The van der Waals surface area contributed by atoms with Crippen molar-refractivity contribution in [3.05, 3.63) is 87.1 Å². The summed E-state index contributed by atoms with van der Waals surface area (Å²) in [4.78, 5) is 14.6. The molecule has 4 rings (SSSR count). The van der Waals surface area contributed by atoms with E-state index in [1.807, 2.05) is 60.7 Å². The van der Waals surface area contributed by atoms with Crippen molar-refractivity contribution in [3.63, 3.8) is 0 Å². The molecule has 1 aliphatic carbocycles. The van der Waals surface area contributed by atoms with Crippen molar-refractivity contribution < 1.29 is 9.53 Å². The number of hydrazone groups is 1. The van der Waals surface area contributed by atoms with Gasteiger partial charge in [0.1, 0.15) is 12.4 Å². The number of nitrogens with zero attached hydrogens (tertiary/aromatic N) is 1. The summed E-state index contributed by atoms with van der Waals surface area (Å²) in [5.41, 5.74) is 6.03. The second kappa shape index (κ2) is 9.72. The summed E-state index contributed by atoms with van der Waals surface area (Å²) >= 11 is 1.61. The van der Waals surface area contributed by atoms with Crippen LogP contribution in [0, 0.1) is 5.92 Å². The molecule has 0 fully saturated rings. The molecule has 0 unspecified atom stereocenters. The molecule has 0 radical (unpaired) electrons. The molecule has 1 N–H and O–H groups in total. The third-order valence-corrected chi connectivity index (χ3v) is 6.73. The Morgan fingerprint density at radius 3 is 2.77 bits per heavy atom. The van der Waals surface area contributed by atoms with Gasteiger partial charge in [0.25, 0.3) is 5.91 Å². The van der Waals surface area contributed by atoms with Crippen LogP contribution in [-0.2, 0) is 19.4 Å². The van der Waals surface area contributed by atoms with E-state index in [-0.39, 0.29) is 5.91 Å². The minimum absolute atomic E-state index is 0.137. The first-order valence-electron chi connectivity index (χ1n) is 10.4. The van der Waals surface area contributed by atoms with Gasteiger partial charge >= 0.3 is 0 Å². The SMILES string of the molecule is CC[C@H]1CCc2sc(C(=O)N/N=C\c3ccc(OCc4ccccc4)cc3)cc2C1. The fourth-order valence-corrected chi connectivity index (χ4v) is 4.77. The highest BCUT2D eigenvalue weighted by molar-refractivity contribution is 7.14. The van der Waals surface area contributed by atoms with E-state index < -0.39 is 0 Å². The molecule has 2 aromatic carbocycles. The zero-order chi connectivity index (χ0) is 20.8. The number of ether oxygens (including phenoxy) is 1. The molecular weight excluding hydrogens is 392 g/mol. The lowest BCUT2D eigenvalue weighted by atomic mass is 9.87. The smallest absolute Gasteiger partial charge is 0.281 e. The van der Waals surface area contributed by atoms with Gasteiger partial charge in [-0.25, -0.2) is 5.43 Å². The van der Waals surface area contributed by atoms with Crippen LogP contribution in [0.2, 0.25) is 0 Å². The van der Waals surface area contributed by atoms with Crippen LogP contribution < -0.4 is 10.2 Å². The number of aryl methyl sites for hydroxylation is 1. The summed E-state index contributed by atoms with van der Waals surface area (Å²) in [6, 6.07) is 19.8. The highest BCUT2D eigenvalue weighted by Crippen LogP contribution is 2.33. The third kappa shape index (κ3) is 5.16. The van der Waals surface area contributed by atoms with E-state index >= 15 is 0 Å². The molecule has 1 amide bonds. The summed E-state index contributed by atoms with van der Waals surface area (Å²) in [6.07, 6.45) is 6.27. The number of hydrogen-bond donors (Lipinski definition) is 1. The number of thiophene rings is 1. The van der Waals surface area contributed by atoms with E-state index in [0.29, 0.717) is 6.61 Å². The summed E-state index contributed by atoms with van der Waals surface area (Å²) in [5, 5.41) is 4.12. The Bertz CT molecular complexity index is 1010. The summed E-state index contributed by atoms with van der Waals surface area (Å²) in [7, 11) is 0. The van der Waals surface area contributed by atoms with Gasteiger partial charge in [0.2, 0.25) is 0 Å². The molecule has 3 aromatic rings. The van der Waals surface area contributed by atoms with Gasteiger partial charge in [-0.2, -0.15) is 5.10 Å². The van der Waals surface area contributed by atoms with Crippen LogP contribution in [0.15, 0.2) is 65.8 Å². The standard InChI is InChI=1S/C25H26N2O2S/c1-2-18-10-13-23-21(14-18)15-24(30-23)25(28)27-26-16-19-8-11-22(12-9-19)29-17-20-6-4-3-5-7-20/h3-9,11-12,15-16,18H,2,10,13-14,17H2,1H3,(H,27,28)/b26-16-/t18-/m0/s1. The van der Waals surface area contributed by atoms with Gasteiger partial charge in [-0.1, -0.05) is 43.7 Å². The molecule has 0 saturated carbocycles. The van der Waals surface area contributed by atoms with Crippen molar-refractivity contribution in [2.75, 3.05) is 0 Å². The Kier molecular flexibility index (Phi) is 6.60.